The molecule has 1 aromatic carbocycles. The first-order valence-corrected chi connectivity index (χ1v) is 10.7. The molecule has 1 aliphatic heterocycles. The largest absolute Gasteiger partial charge is 0.459 e. The first kappa shape index (κ1) is 20.8. The minimum Gasteiger partial charge on any atom is -0.459 e. The van der Waals surface area contributed by atoms with Gasteiger partial charge >= 0.3 is 0 Å². The molecule has 1 N–H and O–H groups in total. The van der Waals surface area contributed by atoms with E-state index in [9.17, 15) is 10.1 Å². The molecule has 0 saturated carbocycles. The average Bonchev–Trinajstić information content (AvgIpc) is 3.45. The van der Waals surface area contributed by atoms with Crippen LogP contribution in [-0.2, 0) is 6.54 Å². The maximum absolute atomic E-state index is 11.5. The lowest BCUT2D eigenvalue weighted by Gasteiger charge is -2.26. The predicted octanol–water partition coefficient (Wildman–Crippen LogP) is 4.82. The van der Waals surface area contributed by atoms with Crippen molar-refractivity contribution in [2.24, 2.45) is 0 Å². The molecule has 0 amide bonds. The van der Waals surface area contributed by atoms with Crippen LogP contribution in [0.25, 0.3) is 11.3 Å². The van der Waals surface area contributed by atoms with Crippen LogP contribution >= 0.6 is 12.2 Å². The summed E-state index contributed by atoms with van der Waals surface area (Å²) >= 11 is 5.68. The number of thiocarbonyl (C=S) groups is 1. The first-order chi connectivity index (χ1) is 16.1. The number of rotatable bonds is 6. The highest BCUT2D eigenvalue weighted by molar-refractivity contribution is 7.80. The molecule has 164 valence electrons. The second-order valence-corrected chi connectivity index (χ2v) is 7.98. The van der Waals surface area contributed by atoms with E-state index in [1.807, 2.05) is 41.3 Å². The molecule has 4 heterocycles. The van der Waals surface area contributed by atoms with E-state index in [4.69, 9.17) is 16.6 Å². The SMILES string of the molecule is O=[N+]([O-])c1ccccc1-c1ccc([C@H]2[C@H](c3ccccn3)NC(=S)N2Cc2cccnc2)o1. The summed E-state index contributed by atoms with van der Waals surface area (Å²) in [4.78, 5) is 21.9. The zero-order valence-electron chi connectivity index (χ0n) is 17.4. The Labute approximate surface area is 195 Å². The average molecular weight is 458 g/mol. The van der Waals surface area contributed by atoms with Gasteiger partial charge in [-0.1, -0.05) is 24.3 Å². The third kappa shape index (κ3) is 4.06. The van der Waals surface area contributed by atoms with Gasteiger partial charge in [0.2, 0.25) is 0 Å². The molecule has 1 saturated heterocycles. The number of nitrogens with one attached hydrogen (secondary N) is 1. The number of aromatic nitrogens is 2. The van der Waals surface area contributed by atoms with E-state index in [0.717, 1.165) is 11.3 Å². The van der Waals surface area contributed by atoms with E-state index in [2.05, 4.69) is 15.3 Å². The highest BCUT2D eigenvalue weighted by Crippen LogP contribution is 2.42. The van der Waals surface area contributed by atoms with E-state index < -0.39 is 4.92 Å². The fraction of sp³-hybridized carbons (Fsp3) is 0.125. The van der Waals surface area contributed by atoms with Gasteiger partial charge in [-0.25, -0.2) is 0 Å². The maximum atomic E-state index is 11.5. The highest BCUT2D eigenvalue weighted by atomic mass is 32.1. The van der Waals surface area contributed by atoms with Crippen LogP contribution in [0.2, 0.25) is 0 Å². The van der Waals surface area contributed by atoms with Crippen molar-refractivity contribution in [3.8, 4) is 11.3 Å². The minimum absolute atomic E-state index is 0.00744. The van der Waals surface area contributed by atoms with Crippen molar-refractivity contribution in [1.29, 1.82) is 0 Å². The van der Waals surface area contributed by atoms with Gasteiger partial charge in [-0.2, -0.15) is 0 Å². The van der Waals surface area contributed by atoms with Gasteiger partial charge in [-0.15, -0.1) is 0 Å². The molecule has 0 spiro atoms. The van der Waals surface area contributed by atoms with Gasteiger partial charge in [0, 0.05) is 31.2 Å². The number of nitro groups is 1. The molecule has 3 aromatic heterocycles. The van der Waals surface area contributed by atoms with Crippen molar-refractivity contribution in [3.05, 3.63) is 112 Å². The molecule has 9 heteroatoms. The quantitative estimate of drug-likeness (QED) is 0.250. The van der Waals surface area contributed by atoms with Crippen molar-refractivity contribution in [2.75, 3.05) is 0 Å². The number of nitro benzene ring substituents is 1. The van der Waals surface area contributed by atoms with Crippen LogP contribution in [0.4, 0.5) is 5.69 Å². The Kier molecular flexibility index (Phi) is 5.54. The smallest absolute Gasteiger partial charge is 0.280 e. The second kappa shape index (κ2) is 8.79. The first-order valence-electron chi connectivity index (χ1n) is 10.3. The van der Waals surface area contributed by atoms with E-state index in [0.29, 0.717) is 28.7 Å². The number of hydrogen-bond acceptors (Lipinski definition) is 6. The monoisotopic (exact) mass is 457 g/mol. The number of benzene rings is 1. The Hall–Kier alpha value is -4.11. The maximum Gasteiger partial charge on any atom is 0.280 e. The summed E-state index contributed by atoms with van der Waals surface area (Å²) in [6, 6.07) is 19.2. The summed E-state index contributed by atoms with van der Waals surface area (Å²) in [5, 5.41) is 15.5. The third-order valence-corrected chi connectivity index (χ3v) is 5.91. The van der Waals surface area contributed by atoms with Gasteiger partial charge in [0.15, 0.2) is 5.11 Å². The van der Waals surface area contributed by atoms with Crippen molar-refractivity contribution in [2.45, 2.75) is 18.6 Å². The Morgan fingerprint density at radius 2 is 1.91 bits per heavy atom. The normalized spacial score (nSPS) is 17.7. The lowest BCUT2D eigenvalue weighted by molar-refractivity contribution is -0.384. The second-order valence-electron chi connectivity index (χ2n) is 7.59. The summed E-state index contributed by atoms with van der Waals surface area (Å²) in [6.45, 7) is 0.523. The third-order valence-electron chi connectivity index (χ3n) is 5.56. The summed E-state index contributed by atoms with van der Waals surface area (Å²) in [5.74, 6) is 1.06. The number of furan rings is 1. The van der Waals surface area contributed by atoms with E-state index in [1.165, 1.54) is 6.07 Å². The number of pyridine rings is 2. The fourth-order valence-electron chi connectivity index (χ4n) is 4.07. The lowest BCUT2D eigenvalue weighted by atomic mass is 10.0. The number of nitrogens with zero attached hydrogens (tertiary/aromatic N) is 4. The van der Waals surface area contributed by atoms with Gasteiger partial charge in [0.25, 0.3) is 5.69 Å². The topological polar surface area (TPSA) is 97.3 Å². The van der Waals surface area contributed by atoms with Crippen LogP contribution in [0.5, 0.6) is 0 Å². The van der Waals surface area contributed by atoms with E-state index in [-0.39, 0.29) is 17.8 Å². The molecule has 1 aliphatic rings. The molecule has 0 bridgehead atoms. The molecule has 1 fully saturated rings. The summed E-state index contributed by atoms with van der Waals surface area (Å²) in [5.41, 5.74) is 2.24. The van der Waals surface area contributed by atoms with E-state index in [1.54, 1.807) is 42.9 Å². The van der Waals surface area contributed by atoms with Crippen molar-refractivity contribution in [3.63, 3.8) is 0 Å². The standard InChI is InChI=1S/C24H19N5O3S/c30-29(31)19-9-2-1-7-17(19)20-10-11-21(32-20)23-22(18-8-3-4-13-26-18)27-24(33)28(23)15-16-6-5-12-25-14-16/h1-14,22-23H,15H2,(H,27,33)/t22-,23-/m0/s1. The van der Waals surface area contributed by atoms with Crippen LogP contribution in [0.15, 0.2) is 89.7 Å². The van der Waals surface area contributed by atoms with Gasteiger partial charge < -0.3 is 14.6 Å². The molecule has 0 unspecified atom stereocenters. The van der Waals surface area contributed by atoms with Crippen LogP contribution < -0.4 is 5.32 Å². The summed E-state index contributed by atoms with van der Waals surface area (Å²) < 4.78 is 6.22. The highest BCUT2D eigenvalue weighted by Gasteiger charge is 2.41. The minimum atomic E-state index is -0.408. The number of hydrogen-bond donors (Lipinski definition) is 1. The number of para-hydroxylation sites is 1. The zero-order valence-corrected chi connectivity index (χ0v) is 18.2. The molecular weight excluding hydrogens is 438 g/mol. The van der Waals surface area contributed by atoms with Crippen LogP contribution in [-0.4, -0.2) is 24.9 Å². The van der Waals surface area contributed by atoms with Crippen molar-refractivity contribution >= 4 is 23.0 Å². The van der Waals surface area contributed by atoms with Crippen molar-refractivity contribution < 1.29 is 9.34 Å². The Balaban J connectivity index is 1.56. The fourth-order valence-corrected chi connectivity index (χ4v) is 4.38. The van der Waals surface area contributed by atoms with Crippen molar-refractivity contribution in [1.82, 2.24) is 20.2 Å². The van der Waals surface area contributed by atoms with Gasteiger partial charge in [-0.3, -0.25) is 20.1 Å². The lowest BCUT2D eigenvalue weighted by Crippen LogP contribution is -2.29. The molecule has 8 nitrogen and oxygen atoms in total. The molecule has 2 atom stereocenters. The Bertz CT molecular complexity index is 1300. The van der Waals surface area contributed by atoms with Gasteiger partial charge in [0.1, 0.15) is 17.6 Å². The molecule has 0 radical (unpaired) electrons. The summed E-state index contributed by atoms with van der Waals surface area (Å²) in [6.07, 6.45) is 5.26. The molecule has 5 rings (SSSR count). The molecule has 33 heavy (non-hydrogen) atoms. The zero-order chi connectivity index (χ0) is 22.8. The van der Waals surface area contributed by atoms with Crippen LogP contribution in [0.3, 0.4) is 0 Å². The van der Waals surface area contributed by atoms with Gasteiger partial charge in [0.05, 0.1) is 22.2 Å². The van der Waals surface area contributed by atoms with E-state index >= 15 is 0 Å². The molecular formula is C24H19N5O3S. The summed E-state index contributed by atoms with van der Waals surface area (Å²) in [7, 11) is 0. The van der Waals surface area contributed by atoms with Crippen LogP contribution in [0, 0.1) is 10.1 Å². The molecule has 4 aromatic rings. The van der Waals surface area contributed by atoms with Crippen LogP contribution in [0.1, 0.15) is 29.1 Å². The Morgan fingerprint density at radius 1 is 1.06 bits per heavy atom. The van der Waals surface area contributed by atoms with Gasteiger partial charge in [-0.05, 0) is 54.2 Å². The Morgan fingerprint density at radius 3 is 2.67 bits per heavy atom. The predicted molar refractivity (Wildman–Crippen MR) is 126 cm³/mol. The molecule has 0 aliphatic carbocycles.